The van der Waals surface area contributed by atoms with Gasteiger partial charge in [-0.15, -0.1) is 0 Å². The molecule has 2 aromatic rings. The van der Waals surface area contributed by atoms with E-state index in [4.69, 9.17) is 0 Å². The summed E-state index contributed by atoms with van der Waals surface area (Å²) in [4.78, 5) is 30.8. The van der Waals surface area contributed by atoms with Crippen molar-refractivity contribution in [3.05, 3.63) is 47.5 Å². The SMILES string of the molecule is CC(=O)N(CCC(=O)NC1CCCn2nc(C(C)C)nc21)Cc1ccccc1. The van der Waals surface area contributed by atoms with Crippen molar-refractivity contribution in [1.29, 1.82) is 0 Å². The molecule has 28 heavy (non-hydrogen) atoms. The lowest BCUT2D eigenvalue weighted by Gasteiger charge is -2.24. The Morgan fingerprint density at radius 2 is 2.04 bits per heavy atom. The second-order valence-corrected chi connectivity index (χ2v) is 7.64. The van der Waals surface area contributed by atoms with Gasteiger partial charge >= 0.3 is 0 Å². The van der Waals surface area contributed by atoms with Crippen LogP contribution < -0.4 is 5.32 Å². The van der Waals surface area contributed by atoms with Crippen LogP contribution in [0.1, 0.15) is 69.2 Å². The van der Waals surface area contributed by atoms with Crippen LogP contribution in [0.2, 0.25) is 0 Å². The summed E-state index contributed by atoms with van der Waals surface area (Å²) in [6.07, 6.45) is 2.10. The van der Waals surface area contributed by atoms with Crippen LogP contribution in [0.4, 0.5) is 0 Å². The standard InChI is InChI=1S/C21H29N5O2/c1-15(2)20-23-21-18(10-7-12-26(21)24-20)22-19(28)11-13-25(16(3)27)14-17-8-5-4-6-9-17/h4-6,8-9,15,18H,7,10-14H2,1-3H3,(H,22,28). The molecule has 2 heterocycles. The molecule has 1 aromatic heterocycles. The summed E-state index contributed by atoms with van der Waals surface area (Å²) in [6, 6.07) is 9.70. The number of aromatic nitrogens is 3. The molecular weight excluding hydrogens is 354 g/mol. The average molecular weight is 383 g/mol. The van der Waals surface area contributed by atoms with Gasteiger partial charge in [0.25, 0.3) is 0 Å². The molecule has 0 fully saturated rings. The minimum atomic E-state index is -0.110. The molecule has 150 valence electrons. The Kier molecular flexibility index (Phi) is 6.44. The highest BCUT2D eigenvalue weighted by atomic mass is 16.2. The minimum Gasteiger partial charge on any atom is -0.346 e. The second kappa shape index (κ2) is 8.99. The third kappa shape index (κ3) is 4.97. The van der Waals surface area contributed by atoms with Crippen LogP contribution >= 0.6 is 0 Å². The summed E-state index contributed by atoms with van der Waals surface area (Å²) in [5.74, 6) is 1.83. The fourth-order valence-electron chi connectivity index (χ4n) is 3.40. The molecule has 2 amide bonds. The van der Waals surface area contributed by atoms with Crippen molar-refractivity contribution >= 4 is 11.8 Å². The van der Waals surface area contributed by atoms with Crippen molar-refractivity contribution in [2.24, 2.45) is 0 Å². The first-order valence-corrected chi connectivity index (χ1v) is 9.97. The van der Waals surface area contributed by atoms with Crippen molar-refractivity contribution in [2.45, 2.75) is 65.1 Å². The minimum absolute atomic E-state index is 0.0318. The monoisotopic (exact) mass is 383 g/mol. The number of carbonyl (C=O) groups excluding carboxylic acids is 2. The fourth-order valence-corrected chi connectivity index (χ4v) is 3.40. The molecule has 1 aliphatic rings. The Balaban J connectivity index is 1.57. The Bertz CT molecular complexity index is 815. The molecule has 1 aliphatic heterocycles. The fraction of sp³-hybridized carbons (Fsp3) is 0.524. The smallest absolute Gasteiger partial charge is 0.222 e. The van der Waals surface area contributed by atoms with Gasteiger partial charge in [-0.1, -0.05) is 44.2 Å². The maximum absolute atomic E-state index is 12.5. The van der Waals surface area contributed by atoms with Crippen LogP contribution in [-0.4, -0.2) is 38.0 Å². The highest BCUT2D eigenvalue weighted by Crippen LogP contribution is 2.25. The molecule has 1 atom stereocenters. The van der Waals surface area contributed by atoms with Crippen molar-refractivity contribution in [2.75, 3.05) is 6.54 Å². The molecule has 0 radical (unpaired) electrons. The number of benzene rings is 1. The Morgan fingerprint density at radius 3 is 2.71 bits per heavy atom. The van der Waals surface area contributed by atoms with Gasteiger partial charge in [0.15, 0.2) is 5.82 Å². The maximum Gasteiger partial charge on any atom is 0.222 e. The summed E-state index contributed by atoms with van der Waals surface area (Å²) in [6.45, 7) is 7.43. The highest BCUT2D eigenvalue weighted by molar-refractivity contribution is 5.78. The molecule has 7 nitrogen and oxygen atoms in total. The van der Waals surface area contributed by atoms with Crippen molar-refractivity contribution in [3.8, 4) is 0 Å². The number of rotatable bonds is 7. The number of carbonyl (C=O) groups is 2. The summed E-state index contributed by atoms with van der Waals surface area (Å²) in [5, 5.41) is 7.64. The molecule has 0 spiro atoms. The van der Waals surface area contributed by atoms with Gasteiger partial charge in [0, 0.05) is 38.9 Å². The van der Waals surface area contributed by atoms with E-state index in [2.05, 4.69) is 29.2 Å². The predicted octanol–water partition coefficient (Wildman–Crippen LogP) is 2.79. The van der Waals surface area contributed by atoms with Crippen LogP contribution in [-0.2, 0) is 22.7 Å². The normalized spacial score (nSPS) is 15.9. The first kappa shape index (κ1) is 20.0. The number of fused-ring (bicyclic) bond motifs is 1. The van der Waals surface area contributed by atoms with E-state index in [9.17, 15) is 9.59 Å². The molecule has 1 unspecified atom stereocenters. The molecule has 1 N–H and O–H groups in total. The Morgan fingerprint density at radius 1 is 1.29 bits per heavy atom. The van der Waals surface area contributed by atoms with E-state index in [-0.39, 0.29) is 30.2 Å². The van der Waals surface area contributed by atoms with Crippen LogP contribution in [0.5, 0.6) is 0 Å². The van der Waals surface area contributed by atoms with Gasteiger partial charge in [-0.2, -0.15) is 5.10 Å². The first-order valence-electron chi connectivity index (χ1n) is 9.97. The van der Waals surface area contributed by atoms with E-state index in [0.29, 0.717) is 13.1 Å². The predicted molar refractivity (Wildman–Crippen MR) is 106 cm³/mol. The van der Waals surface area contributed by atoms with Crippen LogP contribution in [0.25, 0.3) is 0 Å². The zero-order valence-electron chi connectivity index (χ0n) is 16.9. The zero-order valence-corrected chi connectivity index (χ0v) is 16.9. The van der Waals surface area contributed by atoms with Gasteiger partial charge in [-0.05, 0) is 18.4 Å². The summed E-state index contributed by atoms with van der Waals surface area (Å²) >= 11 is 0. The first-order chi connectivity index (χ1) is 13.4. The Labute approximate surface area is 166 Å². The molecule has 1 aromatic carbocycles. The highest BCUT2D eigenvalue weighted by Gasteiger charge is 2.26. The summed E-state index contributed by atoms with van der Waals surface area (Å²) in [7, 11) is 0. The molecule has 3 rings (SSSR count). The largest absolute Gasteiger partial charge is 0.346 e. The quantitative estimate of drug-likeness (QED) is 0.797. The van der Waals surface area contributed by atoms with Crippen molar-refractivity contribution < 1.29 is 9.59 Å². The van der Waals surface area contributed by atoms with Crippen LogP contribution in [0.15, 0.2) is 30.3 Å². The van der Waals surface area contributed by atoms with Gasteiger partial charge in [0.2, 0.25) is 11.8 Å². The van der Waals surface area contributed by atoms with Crippen LogP contribution in [0.3, 0.4) is 0 Å². The number of amides is 2. The van der Waals surface area contributed by atoms with Crippen LogP contribution in [0, 0.1) is 0 Å². The van der Waals surface area contributed by atoms with E-state index >= 15 is 0 Å². The summed E-state index contributed by atoms with van der Waals surface area (Å²) < 4.78 is 1.92. The van der Waals surface area contributed by atoms with Crippen molar-refractivity contribution in [1.82, 2.24) is 25.0 Å². The molecule has 7 heteroatoms. The number of hydrogen-bond donors (Lipinski definition) is 1. The molecular formula is C21H29N5O2. The molecule has 0 aliphatic carbocycles. The number of nitrogens with zero attached hydrogens (tertiary/aromatic N) is 4. The Hall–Kier alpha value is -2.70. The van der Waals surface area contributed by atoms with Gasteiger partial charge in [0.1, 0.15) is 5.82 Å². The number of nitrogens with one attached hydrogen (secondary N) is 1. The van der Waals surface area contributed by atoms with Gasteiger partial charge < -0.3 is 10.2 Å². The lowest BCUT2D eigenvalue weighted by atomic mass is 10.1. The van der Waals surface area contributed by atoms with Gasteiger partial charge in [-0.25, -0.2) is 9.67 Å². The molecule has 0 bridgehead atoms. The summed E-state index contributed by atoms with van der Waals surface area (Å²) in [5.41, 5.74) is 1.06. The van der Waals surface area contributed by atoms with Gasteiger partial charge in [0.05, 0.1) is 6.04 Å². The molecule has 0 saturated heterocycles. The average Bonchev–Trinajstić information content (AvgIpc) is 3.11. The molecule has 0 saturated carbocycles. The van der Waals surface area contributed by atoms with Gasteiger partial charge in [-0.3, -0.25) is 9.59 Å². The third-order valence-corrected chi connectivity index (χ3v) is 5.01. The van der Waals surface area contributed by atoms with E-state index in [1.807, 2.05) is 35.0 Å². The van der Waals surface area contributed by atoms with Crippen molar-refractivity contribution in [3.63, 3.8) is 0 Å². The number of hydrogen-bond acceptors (Lipinski definition) is 4. The third-order valence-electron chi connectivity index (χ3n) is 5.01. The van der Waals surface area contributed by atoms with E-state index < -0.39 is 0 Å². The zero-order chi connectivity index (χ0) is 20.1. The lowest BCUT2D eigenvalue weighted by molar-refractivity contribution is -0.130. The van der Waals surface area contributed by atoms with E-state index in [1.54, 1.807) is 4.90 Å². The lowest BCUT2D eigenvalue weighted by Crippen LogP contribution is -2.36. The number of aryl methyl sites for hydroxylation is 1. The maximum atomic E-state index is 12.5. The topological polar surface area (TPSA) is 80.1 Å². The van der Waals surface area contributed by atoms with E-state index in [0.717, 1.165) is 36.6 Å². The second-order valence-electron chi connectivity index (χ2n) is 7.64. The van der Waals surface area contributed by atoms with E-state index in [1.165, 1.54) is 6.92 Å².